The van der Waals surface area contributed by atoms with Crippen molar-refractivity contribution in [3.05, 3.63) is 83.3 Å². The minimum atomic E-state index is -0.299. The summed E-state index contributed by atoms with van der Waals surface area (Å²) in [4.78, 5) is 24.8. The van der Waals surface area contributed by atoms with Gasteiger partial charge in [0.1, 0.15) is 5.82 Å². The Balaban J connectivity index is 1.54. The van der Waals surface area contributed by atoms with E-state index in [1.165, 1.54) is 12.1 Å². The van der Waals surface area contributed by atoms with Gasteiger partial charge in [-0.05, 0) is 61.7 Å². The second-order valence-electron chi connectivity index (χ2n) is 9.02. The topological polar surface area (TPSA) is 68.8 Å². The zero-order valence-corrected chi connectivity index (χ0v) is 19.7. The highest BCUT2D eigenvalue weighted by Crippen LogP contribution is 2.30. The van der Waals surface area contributed by atoms with Crippen molar-refractivity contribution >= 4 is 5.91 Å². The lowest BCUT2D eigenvalue weighted by molar-refractivity contribution is 0.0642. The van der Waals surface area contributed by atoms with Gasteiger partial charge in [-0.2, -0.15) is 5.10 Å². The van der Waals surface area contributed by atoms with Gasteiger partial charge in [0.05, 0.1) is 29.2 Å². The summed E-state index contributed by atoms with van der Waals surface area (Å²) in [5, 5.41) is 4.54. The summed E-state index contributed by atoms with van der Waals surface area (Å²) in [6, 6.07) is 10.3. The first kappa shape index (κ1) is 22.0. The molecule has 4 aromatic rings. The van der Waals surface area contributed by atoms with Crippen LogP contribution in [0.5, 0.6) is 0 Å². The maximum Gasteiger partial charge on any atom is 0.257 e. The zero-order chi connectivity index (χ0) is 24.0. The van der Waals surface area contributed by atoms with Gasteiger partial charge in [-0.15, -0.1) is 0 Å². The van der Waals surface area contributed by atoms with E-state index in [2.05, 4.69) is 33.8 Å². The van der Waals surface area contributed by atoms with Gasteiger partial charge in [0.2, 0.25) is 0 Å². The number of amides is 1. The molecule has 174 valence electrons. The van der Waals surface area contributed by atoms with Crippen LogP contribution < -0.4 is 0 Å². The van der Waals surface area contributed by atoms with E-state index in [0.717, 1.165) is 29.1 Å². The van der Waals surface area contributed by atoms with Crippen LogP contribution in [0.1, 0.15) is 60.0 Å². The molecule has 0 unspecified atom stereocenters. The molecule has 0 N–H and O–H groups in total. The highest BCUT2D eigenvalue weighted by molar-refractivity contribution is 5.95. The van der Waals surface area contributed by atoms with Crippen molar-refractivity contribution in [3.8, 4) is 17.2 Å². The number of benzene rings is 1. The molecule has 1 amide bonds. The molecule has 0 aliphatic carbocycles. The molecule has 0 radical (unpaired) electrons. The van der Waals surface area contributed by atoms with Gasteiger partial charge in [0.15, 0.2) is 0 Å². The number of carbonyl (C=O) groups excluding carboxylic acids is 1. The van der Waals surface area contributed by atoms with Crippen molar-refractivity contribution < 1.29 is 9.18 Å². The fraction of sp³-hybridized carbons (Fsp3) is 0.308. The average molecular weight is 459 g/mol. The Bertz CT molecular complexity index is 1350. The van der Waals surface area contributed by atoms with E-state index in [1.54, 1.807) is 29.2 Å². The van der Waals surface area contributed by atoms with Crippen LogP contribution in [0.25, 0.3) is 17.2 Å². The molecule has 1 aliphatic rings. The zero-order valence-electron chi connectivity index (χ0n) is 19.7. The van der Waals surface area contributed by atoms with Gasteiger partial charge in [0, 0.05) is 36.7 Å². The van der Waals surface area contributed by atoms with E-state index in [-0.39, 0.29) is 23.7 Å². The molecule has 0 fully saturated rings. The number of nitrogens with zero attached hydrogens (tertiary/aromatic N) is 6. The summed E-state index contributed by atoms with van der Waals surface area (Å²) in [5.41, 5.74) is 4.83. The lowest BCUT2D eigenvalue weighted by atomic mass is 10.0. The quantitative estimate of drug-likeness (QED) is 0.435. The van der Waals surface area contributed by atoms with Crippen LogP contribution in [-0.4, -0.2) is 41.7 Å². The molecule has 34 heavy (non-hydrogen) atoms. The van der Waals surface area contributed by atoms with Crippen LogP contribution in [0.4, 0.5) is 4.39 Å². The number of halogens is 1. The number of hydrogen-bond acceptors (Lipinski definition) is 4. The van der Waals surface area contributed by atoms with Crippen molar-refractivity contribution in [1.82, 2.24) is 29.2 Å². The number of rotatable bonds is 4. The Labute approximate surface area is 197 Å². The SMILES string of the molecule is Cc1cnc(-n2ncc(C(=O)N3CCn4cccc4[C@@H]3C)c2C(C)C)nc1-c1ccc(F)cc1. The largest absolute Gasteiger partial charge is 0.348 e. The molecule has 1 aromatic carbocycles. The van der Waals surface area contributed by atoms with Crippen molar-refractivity contribution in [1.29, 1.82) is 0 Å². The molecule has 0 saturated heterocycles. The second kappa shape index (κ2) is 8.52. The number of aryl methyl sites for hydroxylation is 1. The molecule has 8 heteroatoms. The Kier molecular flexibility index (Phi) is 5.51. The van der Waals surface area contributed by atoms with E-state index in [9.17, 15) is 9.18 Å². The minimum absolute atomic E-state index is 0.0181. The van der Waals surface area contributed by atoms with E-state index in [1.807, 2.05) is 31.7 Å². The molecular formula is C26H27FN6O. The first-order chi connectivity index (χ1) is 16.3. The van der Waals surface area contributed by atoms with Crippen LogP contribution in [0.3, 0.4) is 0 Å². The molecule has 5 rings (SSSR count). The number of carbonyl (C=O) groups is 1. The summed E-state index contributed by atoms with van der Waals surface area (Å²) in [7, 11) is 0. The van der Waals surface area contributed by atoms with E-state index in [0.29, 0.717) is 23.8 Å². The first-order valence-corrected chi connectivity index (χ1v) is 11.5. The van der Waals surface area contributed by atoms with Gasteiger partial charge in [0.25, 0.3) is 11.9 Å². The summed E-state index contributed by atoms with van der Waals surface area (Å²) in [6.07, 6.45) is 5.41. The van der Waals surface area contributed by atoms with Gasteiger partial charge < -0.3 is 9.47 Å². The molecule has 4 heterocycles. The van der Waals surface area contributed by atoms with E-state index >= 15 is 0 Å². The lowest BCUT2D eigenvalue weighted by Crippen LogP contribution is -2.41. The molecule has 0 bridgehead atoms. The van der Waals surface area contributed by atoms with Gasteiger partial charge >= 0.3 is 0 Å². The smallest absolute Gasteiger partial charge is 0.257 e. The third kappa shape index (κ3) is 3.69. The Hall–Kier alpha value is -3.81. The molecule has 1 atom stereocenters. The Morgan fingerprint density at radius 1 is 1.12 bits per heavy atom. The third-order valence-electron chi connectivity index (χ3n) is 6.45. The molecular weight excluding hydrogens is 431 g/mol. The van der Waals surface area contributed by atoms with Crippen LogP contribution in [0, 0.1) is 12.7 Å². The highest BCUT2D eigenvalue weighted by atomic mass is 19.1. The molecule has 3 aromatic heterocycles. The summed E-state index contributed by atoms with van der Waals surface area (Å²) in [6.45, 7) is 9.44. The van der Waals surface area contributed by atoms with Crippen molar-refractivity contribution in [2.45, 2.75) is 46.2 Å². The van der Waals surface area contributed by atoms with Crippen LogP contribution in [0.15, 0.2) is 55.0 Å². The summed E-state index contributed by atoms with van der Waals surface area (Å²) in [5.74, 6) is 0.0609. The second-order valence-corrected chi connectivity index (χ2v) is 9.02. The van der Waals surface area contributed by atoms with Crippen molar-refractivity contribution in [3.63, 3.8) is 0 Å². The standard InChI is InChI=1S/C26H27FN6O/c1-16(2)24-21(25(34)32-13-12-31-11-5-6-22(31)18(32)4)15-29-33(24)26-28-14-17(3)23(30-26)19-7-9-20(27)10-8-19/h5-11,14-16,18H,12-13H2,1-4H3/t18-/m0/s1. The number of aromatic nitrogens is 5. The first-order valence-electron chi connectivity index (χ1n) is 11.5. The lowest BCUT2D eigenvalue weighted by Gasteiger charge is -2.35. The average Bonchev–Trinajstić information content (AvgIpc) is 3.48. The molecule has 1 aliphatic heterocycles. The van der Waals surface area contributed by atoms with Crippen LogP contribution in [0.2, 0.25) is 0 Å². The Morgan fingerprint density at radius 3 is 2.62 bits per heavy atom. The molecule has 0 spiro atoms. The van der Waals surface area contributed by atoms with Gasteiger partial charge in [-0.3, -0.25) is 4.79 Å². The fourth-order valence-corrected chi connectivity index (χ4v) is 4.68. The van der Waals surface area contributed by atoms with Crippen molar-refractivity contribution in [2.24, 2.45) is 0 Å². The molecule has 7 nitrogen and oxygen atoms in total. The number of hydrogen-bond donors (Lipinski definition) is 0. The number of fused-ring (bicyclic) bond motifs is 1. The van der Waals surface area contributed by atoms with Crippen molar-refractivity contribution in [2.75, 3.05) is 6.54 Å². The van der Waals surface area contributed by atoms with E-state index < -0.39 is 0 Å². The third-order valence-corrected chi connectivity index (χ3v) is 6.45. The molecule has 0 saturated carbocycles. The van der Waals surface area contributed by atoms with Crippen LogP contribution in [-0.2, 0) is 6.54 Å². The maximum atomic E-state index is 13.7. The van der Waals surface area contributed by atoms with Gasteiger partial charge in [-0.25, -0.2) is 19.0 Å². The van der Waals surface area contributed by atoms with Gasteiger partial charge in [-0.1, -0.05) is 13.8 Å². The predicted octanol–water partition coefficient (Wildman–Crippen LogP) is 4.92. The van der Waals surface area contributed by atoms with E-state index in [4.69, 9.17) is 4.98 Å². The normalized spacial score (nSPS) is 15.6. The fourth-order valence-electron chi connectivity index (χ4n) is 4.68. The Morgan fingerprint density at radius 2 is 1.88 bits per heavy atom. The highest BCUT2D eigenvalue weighted by Gasteiger charge is 2.32. The minimum Gasteiger partial charge on any atom is -0.348 e. The predicted molar refractivity (Wildman–Crippen MR) is 127 cm³/mol. The summed E-state index contributed by atoms with van der Waals surface area (Å²) < 4.78 is 17.3. The monoisotopic (exact) mass is 458 g/mol. The summed E-state index contributed by atoms with van der Waals surface area (Å²) >= 11 is 0. The maximum absolute atomic E-state index is 13.7. The van der Waals surface area contributed by atoms with Crippen LogP contribution >= 0.6 is 0 Å².